The van der Waals surface area contributed by atoms with Crippen molar-refractivity contribution in [3.63, 3.8) is 0 Å². The first-order valence-corrected chi connectivity index (χ1v) is 11.8. The van der Waals surface area contributed by atoms with Crippen molar-refractivity contribution in [2.45, 2.75) is 70.0 Å². The molecule has 1 fully saturated rings. The minimum atomic E-state index is -2.14. The minimum Gasteiger partial charge on any atom is -0.432 e. The third-order valence-corrected chi connectivity index (χ3v) is 9.53. The molecule has 22 heavy (non-hydrogen) atoms. The molecule has 4 nitrogen and oxygen atoms in total. The summed E-state index contributed by atoms with van der Waals surface area (Å²) < 4.78 is 0.649. The lowest BCUT2D eigenvalue weighted by Crippen LogP contribution is -2.40. The summed E-state index contributed by atoms with van der Waals surface area (Å²) in [5.41, 5.74) is 6.78. The Bertz CT molecular complexity index is 531. The molecule has 0 saturated heterocycles. The van der Waals surface area contributed by atoms with Gasteiger partial charge in [-0.25, -0.2) is 9.97 Å². The van der Waals surface area contributed by atoms with Crippen molar-refractivity contribution in [1.82, 2.24) is 9.97 Å². The fourth-order valence-electron chi connectivity index (χ4n) is 3.30. The Labute approximate surface area is 143 Å². The molecule has 1 aliphatic rings. The van der Waals surface area contributed by atoms with Gasteiger partial charge in [0.15, 0.2) is 14.1 Å². The highest BCUT2D eigenvalue weighted by Crippen LogP contribution is 2.47. The largest absolute Gasteiger partial charge is 0.432 e. The molecule has 0 aliphatic heterocycles. The van der Waals surface area contributed by atoms with Gasteiger partial charge >= 0.3 is 0 Å². The van der Waals surface area contributed by atoms with E-state index in [1.165, 1.54) is 19.3 Å². The highest BCUT2D eigenvalue weighted by atomic mass is 79.9. The van der Waals surface area contributed by atoms with Gasteiger partial charge in [-0.2, -0.15) is 0 Å². The van der Waals surface area contributed by atoms with E-state index in [1.54, 1.807) is 0 Å². The number of nitrogens with two attached hydrogens (primary N) is 1. The molecule has 2 atom stereocenters. The topological polar surface area (TPSA) is 72.0 Å². The van der Waals surface area contributed by atoms with Crippen LogP contribution in [0.2, 0.25) is 18.1 Å². The lowest BCUT2D eigenvalue weighted by atomic mass is 9.76. The van der Waals surface area contributed by atoms with Gasteiger partial charge in [-0.3, -0.25) is 0 Å². The Balaban J connectivity index is 2.07. The molecule has 0 bridgehead atoms. The van der Waals surface area contributed by atoms with E-state index in [4.69, 9.17) is 5.73 Å². The van der Waals surface area contributed by atoms with Crippen LogP contribution >= 0.6 is 15.9 Å². The number of anilines is 1. The average molecular weight is 386 g/mol. The summed E-state index contributed by atoms with van der Waals surface area (Å²) in [6.07, 6.45) is 7.71. The molecule has 0 amide bonds. The predicted molar refractivity (Wildman–Crippen MR) is 97.2 cm³/mol. The van der Waals surface area contributed by atoms with Crippen molar-refractivity contribution in [3.05, 3.63) is 16.5 Å². The molecule has 6 heteroatoms. The number of nitrogen functional groups attached to an aromatic ring is 1. The van der Waals surface area contributed by atoms with E-state index in [9.17, 15) is 4.80 Å². The first-order valence-electron chi connectivity index (χ1n) is 8.10. The summed E-state index contributed by atoms with van der Waals surface area (Å²) in [4.78, 5) is 19.3. The molecule has 1 aromatic rings. The van der Waals surface area contributed by atoms with Gasteiger partial charge in [0.2, 0.25) is 0 Å². The molecule has 124 valence electrons. The second kappa shape index (κ2) is 6.57. The van der Waals surface area contributed by atoms with Crippen molar-refractivity contribution in [3.8, 4) is 0 Å². The van der Waals surface area contributed by atoms with E-state index in [0.717, 1.165) is 18.5 Å². The average Bonchev–Trinajstić information content (AvgIpc) is 2.40. The third kappa shape index (κ3) is 4.09. The van der Waals surface area contributed by atoms with Crippen molar-refractivity contribution < 1.29 is 4.80 Å². The van der Waals surface area contributed by atoms with Gasteiger partial charge in [0, 0.05) is 5.92 Å². The molecule has 2 rings (SSSR count). The molecule has 0 aromatic carbocycles. The lowest BCUT2D eigenvalue weighted by molar-refractivity contribution is 0.269. The van der Waals surface area contributed by atoms with Crippen molar-refractivity contribution in [2.75, 3.05) is 5.73 Å². The van der Waals surface area contributed by atoms with Crippen LogP contribution in [0, 0.1) is 5.92 Å². The van der Waals surface area contributed by atoms with Crippen LogP contribution < -0.4 is 5.73 Å². The van der Waals surface area contributed by atoms with Gasteiger partial charge in [0.1, 0.15) is 4.60 Å². The van der Waals surface area contributed by atoms with E-state index in [-0.39, 0.29) is 5.04 Å². The van der Waals surface area contributed by atoms with E-state index in [0.29, 0.717) is 22.3 Å². The predicted octanol–water partition coefficient (Wildman–Crippen LogP) is 4.46. The first-order chi connectivity index (χ1) is 10.1. The summed E-state index contributed by atoms with van der Waals surface area (Å²) in [6, 6.07) is 0. The van der Waals surface area contributed by atoms with Crippen LogP contribution in [0.25, 0.3) is 0 Å². The molecule has 0 unspecified atom stereocenters. The van der Waals surface area contributed by atoms with Gasteiger partial charge in [-0.15, -0.1) is 0 Å². The number of hydrogen-bond donors (Lipinski definition) is 2. The Morgan fingerprint density at radius 2 is 2.09 bits per heavy atom. The van der Waals surface area contributed by atoms with Crippen molar-refractivity contribution in [2.24, 2.45) is 5.92 Å². The quantitative estimate of drug-likeness (QED) is 0.750. The zero-order valence-corrected chi connectivity index (χ0v) is 16.7. The number of hydrogen-bond acceptors (Lipinski definition) is 4. The summed E-state index contributed by atoms with van der Waals surface area (Å²) in [5, 5.41) is 0.0485. The molecule has 1 aromatic heterocycles. The van der Waals surface area contributed by atoms with Crippen molar-refractivity contribution >= 4 is 30.1 Å². The first kappa shape index (κ1) is 17.9. The fraction of sp³-hybridized carbons (Fsp3) is 0.750. The zero-order valence-electron chi connectivity index (χ0n) is 14.1. The van der Waals surface area contributed by atoms with E-state index in [1.807, 2.05) is 6.20 Å². The van der Waals surface area contributed by atoms with E-state index in [2.05, 4.69) is 52.8 Å². The normalized spacial score (nSPS) is 23.5. The molecule has 0 radical (unpaired) electrons. The smallest absolute Gasteiger partial charge is 0.188 e. The number of halogens is 1. The zero-order chi connectivity index (χ0) is 16.5. The Morgan fingerprint density at radius 1 is 1.41 bits per heavy atom. The molecular weight excluding hydrogens is 358 g/mol. The Morgan fingerprint density at radius 3 is 2.68 bits per heavy atom. The summed E-state index contributed by atoms with van der Waals surface area (Å²) in [5.74, 6) is 1.57. The highest BCUT2D eigenvalue weighted by Gasteiger charge is 2.40. The van der Waals surface area contributed by atoms with Crippen LogP contribution in [-0.2, 0) is 0 Å². The maximum absolute atomic E-state index is 10.5. The monoisotopic (exact) mass is 385 g/mol. The van der Waals surface area contributed by atoms with Crippen LogP contribution in [0.5, 0.6) is 0 Å². The van der Waals surface area contributed by atoms with Crippen LogP contribution in [0.15, 0.2) is 10.8 Å². The molecular formula is C16H28BrN3OSi. The van der Waals surface area contributed by atoms with Crippen molar-refractivity contribution in [1.29, 1.82) is 0 Å². The van der Waals surface area contributed by atoms with Gasteiger partial charge in [0.05, 0.1) is 11.9 Å². The Kier molecular flexibility index (Phi) is 5.34. The third-order valence-electron chi connectivity index (χ3n) is 5.43. The van der Waals surface area contributed by atoms with Gasteiger partial charge in [-0.05, 0) is 59.2 Å². The fourth-order valence-corrected chi connectivity index (χ4v) is 4.40. The van der Waals surface area contributed by atoms with Crippen LogP contribution in [0.3, 0.4) is 0 Å². The maximum atomic E-state index is 10.5. The lowest BCUT2D eigenvalue weighted by Gasteiger charge is -2.40. The number of nitrogens with zero attached hydrogens (tertiary/aromatic N) is 2. The Hall–Kier alpha value is -0.463. The highest BCUT2D eigenvalue weighted by molar-refractivity contribution is 9.10. The summed E-state index contributed by atoms with van der Waals surface area (Å²) >= 11 is 3.38. The van der Waals surface area contributed by atoms with Crippen LogP contribution in [-0.4, -0.2) is 23.1 Å². The van der Waals surface area contributed by atoms with Gasteiger partial charge in [0.25, 0.3) is 0 Å². The number of rotatable bonds is 4. The standard InChI is InChI=1S/C16H28BrN3OSi/c1-16(2,22(3,4)21)9-11-6-5-7-12(8-11)13-10-19-15(18)14(17)20-13/h10-12,21H,5-9H2,1-4H3,(H2,18,19)/t11-,12+/m1/s1. The van der Waals surface area contributed by atoms with Gasteiger partial charge in [-0.1, -0.05) is 26.7 Å². The number of aromatic nitrogens is 2. The molecule has 3 N–H and O–H groups in total. The summed E-state index contributed by atoms with van der Waals surface area (Å²) in [6.45, 7) is 8.55. The second-order valence-electron chi connectivity index (χ2n) is 7.85. The summed E-state index contributed by atoms with van der Waals surface area (Å²) in [7, 11) is -2.14. The van der Waals surface area contributed by atoms with Crippen LogP contribution in [0.1, 0.15) is 57.6 Å². The van der Waals surface area contributed by atoms with Crippen LogP contribution in [0.4, 0.5) is 5.82 Å². The van der Waals surface area contributed by atoms with E-state index >= 15 is 0 Å². The maximum Gasteiger partial charge on any atom is 0.188 e. The SMILES string of the molecule is CC(C)(C[C@@H]1CCC[C@H](c2cnc(N)c(Br)n2)C1)[Si](C)(C)O. The second-order valence-corrected chi connectivity index (χ2v) is 13.1. The molecule has 1 heterocycles. The minimum absolute atomic E-state index is 0.0485. The van der Waals surface area contributed by atoms with E-state index < -0.39 is 8.32 Å². The molecule has 1 aliphatic carbocycles. The molecule has 0 spiro atoms. The van der Waals surface area contributed by atoms with Gasteiger partial charge < -0.3 is 10.5 Å². The molecule has 1 saturated carbocycles.